The maximum atomic E-state index is 11.3. The molecule has 0 radical (unpaired) electrons. The van der Waals surface area contributed by atoms with E-state index in [-0.39, 0.29) is 11.4 Å². The molecule has 2 rings (SSSR count). The molecule has 0 aromatic carbocycles. The average Bonchev–Trinajstić information content (AvgIpc) is 2.94. The summed E-state index contributed by atoms with van der Waals surface area (Å²) < 4.78 is 1.57. The summed E-state index contributed by atoms with van der Waals surface area (Å²) in [7, 11) is 2.02. The number of nitro groups is 1. The second-order valence-electron chi connectivity index (χ2n) is 5.08. The largest absolute Gasteiger partial charge is 0.364 e. The van der Waals surface area contributed by atoms with Crippen LogP contribution in [0, 0.1) is 10.1 Å². The highest BCUT2D eigenvalue weighted by Crippen LogP contribution is 2.26. The van der Waals surface area contributed by atoms with Crippen LogP contribution in [0.15, 0.2) is 0 Å². The van der Waals surface area contributed by atoms with E-state index in [1.165, 1.54) is 0 Å². The van der Waals surface area contributed by atoms with Crippen molar-refractivity contribution >= 4 is 11.6 Å². The fraction of sp³-hybridized carbons (Fsp3) is 0.667. The quantitative estimate of drug-likeness (QED) is 0.626. The van der Waals surface area contributed by atoms with Gasteiger partial charge in [-0.15, -0.1) is 0 Å². The predicted octanol–water partition coefficient (Wildman–Crippen LogP) is 0.547. The molecule has 20 heavy (non-hydrogen) atoms. The molecule has 1 aliphatic rings. The van der Waals surface area contributed by atoms with Crippen molar-refractivity contribution in [1.82, 2.24) is 14.7 Å². The van der Waals surface area contributed by atoms with E-state index in [1.807, 2.05) is 14.0 Å². The Morgan fingerprint density at radius 1 is 1.60 bits per heavy atom. The summed E-state index contributed by atoms with van der Waals surface area (Å²) >= 11 is 0. The maximum absolute atomic E-state index is 11.3. The second kappa shape index (κ2) is 5.58. The number of rotatable bonds is 5. The third kappa shape index (κ3) is 2.51. The molecule has 2 heterocycles. The van der Waals surface area contributed by atoms with Crippen LogP contribution in [0.4, 0.5) is 5.69 Å². The molecular weight excluding hydrogens is 262 g/mol. The van der Waals surface area contributed by atoms with E-state index in [9.17, 15) is 14.9 Å². The maximum Gasteiger partial charge on any atom is 0.323 e. The highest BCUT2D eigenvalue weighted by molar-refractivity contribution is 5.95. The highest BCUT2D eigenvalue weighted by Gasteiger charge is 2.31. The number of primary amides is 1. The monoisotopic (exact) mass is 281 g/mol. The molecule has 1 aromatic heterocycles. The van der Waals surface area contributed by atoms with Gasteiger partial charge in [-0.25, -0.2) is 0 Å². The Hall–Kier alpha value is -1.96. The van der Waals surface area contributed by atoms with E-state index in [1.54, 1.807) is 4.68 Å². The van der Waals surface area contributed by atoms with Crippen LogP contribution in [0.25, 0.3) is 0 Å². The second-order valence-corrected chi connectivity index (χ2v) is 5.08. The molecule has 8 nitrogen and oxygen atoms in total. The van der Waals surface area contributed by atoms with Crippen LogP contribution in [0.3, 0.4) is 0 Å². The van der Waals surface area contributed by atoms with Gasteiger partial charge in [0.1, 0.15) is 5.69 Å². The zero-order valence-electron chi connectivity index (χ0n) is 11.7. The molecule has 110 valence electrons. The van der Waals surface area contributed by atoms with Crippen LogP contribution < -0.4 is 5.73 Å². The summed E-state index contributed by atoms with van der Waals surface area (Å²) in [5.74, 6) is -0.857. The van der Waals surface area contributed by atoms with E-state index in [4.69, 9.17) is 5.73 Å². The van der Waals surface area contributed by atoms with Crippen molar-refractivity contribution in [2.75, 3.05) is 13.6 Å². The number of likely N-dealkylation sites (tertiary alicyclic amines) is 1. The average molecular weight is 281 g/mol. The number of nitrogens with zero attached hydrogens (tertiary/aromatic N) is 4. The van der Waals surface area contributed by atoms with Gasteiger partial charge in [0.05, 0.1) is 11.5 Å². The number of carbonyl (C=O) groups is 1. The SMILES string of the molecule is CCc1c([N+](=O)[O-])c(C(N)=O)nn1C[C@H]1CCCN1C. The van der Waals surface area contributed by atoms with Gasteiger partial charge in [0.15, 0.2) is 0 Å². The van der Waals surface area contributed by atoms with Crippen LogP contribution in [0.1, 0.15) is 35.9 Å². The number of aromatic nitrogens is 2. The van der Waals surface area contributed by atoms with E-state index in [0.29, 0.717) is 24.7 Å². The minimum Gasteiger partial charge on any atom is -0.364 e. The summed E-state index contributed by atoms with van der Waals surface area (Å²) in [6, 6.07) is 0.292. The molecule has 2 N–H and O–H groups in total. The zero-order chi connectivity index (χ0) is 14.9. The Morgan fingerprint density at radius 3 is 2.75 bits per heavy atom. The van der Waals surface area contributed by atoms with E-state index in [2.05, 4.69) is 10.00 Å². The highest BCUT2D eigenvalue weighted by atomic mass is 16.6. The topological polar surface area (TPSA) is 107 Å². The first-order valence-corrected chi connectivity index (χ1v) is 6.69. The van der Waals surface area contributed by atoms with Crippen molar-refractivity contribution in [1.29, 1.82) is 0 Å². The number of amides is 1. The molecule has 0 aliphatic carbocycles. The molecule has 1 aliphatic heterocycles. The zero-order valence-corrected chi connectivity index (χ0v) is 11.7. The Labute approximate surface area is 116 Å². The van der Waals surface area contributed by atoms with Gasteiger partial charge in [-0.3, -0.25) is 19.6 Å². The van der Waals surface area contributed by atoms with Crippen LogP contribution in [0.2, 0.25) is 0 Å². The minimum atomic E-state index is -0.857. The Kier molecular flexibility index (Phi) is 4.03. The molecule has 1 fully saturated rings. The minimum absolute atomic E-state index is 0.243. The molecule has 1 amide bonds. The van der Waals surface area contributed by atoms with Crippen molar-refractivity contribution in [3.8, 4) is 0 Å². The van der Waals surface area contributed by atoms with Crippen LogP contribution in [0.5, 0.6) is 0 Å². The lowest BCUT2D eigenvalue weighted by Gasteiger charge is -2.19. The van der Waals surface area contributed by atoms with Gasteiger partial charge in [0.25, 0.3) is 5.91 Å². The first-order valence-electron chi connectivity index (χ1n) is 6.69. The third-order valence-corrected chi connectivity index (χ3v) is 3.84. The summed E-state index contributed by atoms with van der Waals surface area (Å²) in [6.07, 6.45) is 2.57. The molecule has 0 spiro atoms. The van der Waals surface area contributed by atoms with Gasteiger partial charge >= 0.3 is 5.69 Å². The molecule has 0 saturated carbocycles. The van der Waals surface area contributed by atoms with Crippen molar-refractivity contribution < 1.29 is 9.72 Å². The summed E-state index contributed by atoms with van der Waals surface area (Å²) in [4.78, 5) is 24.1. The Balaban J connectivity index is 2.39. The molecule has 0 unspecified atom stereocenters. The van der Waals surface area contributed by atoms with Crippen molar-refractivity contribution in [3.63, 3.8) is 0 Å². The van der Waals surface area contributed by atoms with Crippen LogP contribution in [-0.4, -0.2) is 45.1 Å². The number of likely N-dealkylation sites (N-methyl/N-ethyl adjacent to an activating group) is 1. The summed E-state index contributed by atoms with van der Waals surface area (Å²) in [5, 5.41) is 15.2. The summed E-state index contributed by atoms with van der Waals surface area (Å²) in [6.45, 7) is 3.37. The van der Waals surface area contributed by atoms with Gasteiger partial charge in [-0.2, -0.15) is 5.10 Å². The van der Waals surface area contributed by atoms with Gasteiger partial charge < -0.3 is 10.6 Å². The first kappa shape index (κ1) is 14.4. The normalized spacial score (nSPS) is 19.4. The molecule has 1 saturated heterocycles. The number of hydrogen-bond donors (Lipinski definition) is 1. The lowest BCUT2D eigenvalue weighted by molar-refractivity contribution is -0.385. The van der Waals surface area contributed by atoms with Crippen molar-refractivity contribution in [2.45, 2.75) is 38.8 Å². The number of carbonyl (C=O) groups excluding carboxylic acids is 1. The van der Waals surface area contributed by atoms with Gasteiger partial charge in [-0.1, -0.05) is 6.92 Å². The van der Waals surface area contributed by atoms with Crippen molar-refractivity contribution in [3.05, 3.63) is 21.5 Å². The van der Waals surface area contributed by atoms with Crippen LogP contribution >= 0.6 is 0 Å². The predicted molar refractivity (Wildman–Crippen MR) is 72.4 cm³/mol. The molecule has 1 aromatic rings. The first-order chi connectivity index (χ1) is 9.45. The molecule has 0 bridgehead atoms. The Bertz CT molecular complexity index is 539. The molecule has 1 atom stereocenters. The standard InChI is InChI=1S/C12H19N5O3/c1-3-9-11(17(19)20)10(12(13)18)14-16(9)7-8-5-4-6-15(8)2/h8H,3-7H2,1-2H3,(H2,13,18)/t8-/m1/s1. The van der Waals surface area contributed by atoms with Crippen molar-refractivity contribution in [2.24, 2.45) is 5.73 Å². The number of nitrogens with two attached hydrogens (primary N) is 1. The molecule has 8 heteroatoms. The van der Waals surface area contributed by atoms with Gasteiger partial charge in [0.2, 0.25) is 5.69 Å². The van der Waals surface area contributed by atoms with Gasteiger partial charge in [-0.05, 0) is 32.9 Å². The van der Waals surface area contributed by atoms with E-state index >= 15 is 0 Å². The third-order valence-electron chi connectivity index (χ3n) is 3.84. The molecular formula is C12H19N5O3. The fourth-order valence-corrected chi connectivity index (χ4v) is 2.76. The van der Waals surface area contributed by atoms with Gasteiger partial charge in [0, 0.05) is 6.04 Å². The lowest BCUT2D eigenvalue weighted by atomic mass is 10.2. The summed E-state index contributed by atoms with van der Waals surface area (Å²) in [5.41, 5.74) is 5.16. The fourth-order valence-electron chi connectivity index (χ4n) is 2.76. The number of hydrogen-bond acceptors (Lipinski definition) is 5. The Morgan fingerprint density at radius 2 is 2.30 bits per heavy atom. The van der Waals surface area contributed by atoms with E-state index < -0.39 is 10.8 Å². The van der Waals surface area contributed by atoms with E-state index in [0.717, 1.165) is 19.4 Å². The smallest absolute Gasteiger partial charge is 0.323 e. The van der Waals surface area contributed by atoms with Crippen LogP contribution in [-0.2, 0) is 13.0 Å². The lowest BCUT2D eigenvalue weighted by Crippen LogP contribution is -2.30.